The quantitative estimate of drug-likeness (QED) is 0.127. The van der Waals surface area contributed by atoms with Gasteiger partial charge in [0.2, 0.25) is 5.91 Å². The largest absolute Gasteiger partial charge is 0.394 e. The van der Waals surface area contributed by atoms with E-state index in [-0.39, 0.29) is 6.61 Å². The van der Waals surface area contributed by atoms with Crippen LogP contribution in [0.2, 0.25) is 0 Å². The van der Waals surface area contributed by atoms with Crippen LogP contribution >= 0.6 is 0 Å². The highest BCUT2D eigenvalue weighted by Crippen LogP contribution is 2.11. The number of aliphatic hydroxyl groups excluding tert-OH is 3. The van der Waals surface area contributed by atoms with Crippen LogP contribution in [0.5, 0.6) is 0 Å². The molecule has 0 spiro atoms. The van der Waals surface area contributed by atoms with Gasteiger partial charge in [0.15, 0.2) is 0 Å². The van der Waals surface area contributed by atoms with Crippen molar-refractivity contribution in [3.05, 3.63) is 24.3 Å². The number of amides is 1. The van der Waals surface area contributed by atoms with Crippen LogP contribution in [0.25, 0.3) is 0 Å². The van der Waals surface area contributed by atoms with E-state index < -0.39 is 24.2 Å². The van der Waals surface area contributed by atoms with E-state index in [0.717, 1.165) is 38.5 Å². The fourth-order valence-corrected chi connectivity index (χ4v) is 3.61. The molecule has 0 saturated heterocycles. The third-order valence-corrected chi connectivity index (χ3v) is 5.79. The molecular formula is C27H51NO4. The lowest BCUT2D eigenvalue weighted by molar-refractivity contribution is -0.131. The summed E-state index contributed by atoms with van der Waals surface area (Å²) >= 11 is 0. The average molecular weight is 454 g/mol. The van der Waals surface area contributed by atoms with Gasteiger partial charge in [0.05, 0.1) is 18.8 Å². The van der Waals surface area contributed by atoms with Crippen molar-refractivity contribution in [1.29, 1.82) is 0 Å². The van der Waals surface area contributed by atoms with E-state index in [1.54, 1.807) is 6.08 Å². The number of carbonyl (C=O) groups excluding carboxylic acids is 1. The number of nitrogens with one attached hydrogen (secondary N) is 1. The molecule has 188 valence electrons. The van der Waals surface area contributed by atoms with Crippen molar-refractivity contribution in [1.82, 2.24) is 5.32 Å². The van der Waals surface area contributed by atoms with Crippen LogP contribution in [0.3, 0.4) is 0 Å². The van der Waals surface area contributed by atoms with Crippen molar-refractivity contribution in [3.8, 4) is 0 Å². The minimum Gasteiger partial charge on any atom is -0.394 e. The van der Waals surface area contributed by atoms with E-state index in [9.17, 15) is 20.1 Å². The van der Waals surface area contributed by atoms with E-state index in [1.807, 2.05) is 6.08 Å². The first-order valence-electron chi connectivity index (χ1n) is 13.2. The summed E-state index contributed by atoms with van der Waals surface area (Å²) in [5.41, 5.74) is 0. The van der Waals surface area contributed by atoms with Crippen LogP contribution in [-0.4, -0.2) is 46.1 Å². The zero-order chi connectivity index (χ0) is 23.9. The maximum Gasteiger partial charge on any atom is 0.249 e. The first-order chi connectivity index (χ1) is 15.6. The molecule has 1 amide bonds. The number of hydrogen-bond acceptors (Lipinski definition) is 4. The number of carbonyl (C=O) groups is 1. The monoisotopic (exact) mass is 453 g/mol. The first-order valence-corrected chi connectivity index (χ1v) is 13.2. The van der Waals surface area contributed by atoms with Crippen molar-refractivity contribution in [2.75, 3.05) is 6.61 Å². The van der Waals surface area contributed by atoms with E-state index in [1.165, 1.54) is 57.8 Å². The zero-order valence-corrected chi connectivity index (χ0v) is 20.8. The summed E-state index contributed by atoms with van der Waals surface area (Å²) in [6.07, 6.45) is 23.4. The van der Waals surface area contributed by atoms with Gasteiger partial charge in [0.1, 0.15) is 6.10 Å². The summed E-state index contributed by atoms with van der Waals surface area (Å²) in [7, 11) is 0. The van der Waals surface area contributed by atoms with Gasteiger partial charge in [-0.15, -0.1) is 0 Å². The Hall–Kier alpha value is -1.17. The third-order valence-electron chi connectivity index (χ3n) is 5.79. The highest BCUT2D eigenvalue weighted by molar-refractivity contribution is 5.80. The Morgan fingerprint density at radius 3 is 1.91 bits per heavy atom. The molecule has 0 bridgehead atoms. The lowest BCUT2D eigenvalue weighted by Gasteiger charge is -2.21. The predicted octanol–water partition coefficient (Wildman–Crippen LogP) is 5.58. The second kappa shape index (κ2) is 23.0. The molecule has 5 nitrogen and oxygen atoms in total. The van der Waals surface area contributed by atoms with E-state index >= 15 is 0 Å². The van der Waals surface area contributed by atoms with Crippen LogP contribution in [0.1, 0.15) is 117 Å². The normalized spacial score (nSPS) is 14.8. The summed E-state index contributed by atoms with van der Waals surface area (Å²) in [5, 5.41) is 32.4. The van der Waals surface area contributed by atoms with Crippen LogP contribution < -0.4 is 5.32 Å². The van der Waals surface area contributed by atoms with E-state index in [2.05, 4.69) is 31.3 Å². The Kier molecular flexibility index (Phi) is 22.2. The third kappa shape index (κ3) is 18.4. The first kappa shape index (κ1) is 30.8. The van der Waals surface area contributed by atoms with Crippen molar-refractivity contribution < 1.29 is 20.1 Å². The topological polar surface area (TPSA) is 89.8 Å². The van der Waals surface area contributed by atoms with Gasteiger partial charge in [-0.25, -0.2) is 0 Å². The van der Waals surface area contributed by atoms with Crippen LogP contribution in [0.4, 0.5) is 0 Å². The predicted molar refractivity (Wildman–Crippen MR) is 135 cm³/mol. The smallest absolute Gasteiger partial charge is 0.249 e. The highest BCUT2D eigenvalue weighted by Gasteiger charge is 2.22. The molecule has 3 atom stereocenters. The second-order valence-electron chi connectivity index (χ2n) is 8.89. The molecule has 0 radical (unpaired) electrons. The molecule has 5 heteroatoms. The molecule has 0 aromatic rings. The van der Waals surface area contributed by atoms with Gasteiger partial charge in [-0.05, 0) is 32.1 Å². The van der Waals surface area contributed by atoms with Crippen molar-refractivity contribution in [2.45, 2.75) is 135 Å². The molecule has 3 unspecified atom stereocenters. The number of allylic oxidation sites excluding steroid dienone is 3. The van der Waals surface area contributed by atoms with Gasteiger partial charge < -0.3 is 20.6 Å². The van der Waals surface area contributed by atoms with Gasteiger partial charge in [0, 0.05) is 0 Å². The van der Waals surface area contributed by atoms with E-state index in [0.29, 0.717) is 6.42 Å². The maximum atomic E-state index is 12.2. The average Bonchev–Trinajstić information content (AvgIpc) is 2.79. The molecule has 0 saturated carbocycles. The number of hydrogen-bond donors (Lipinski definition) is 4. The number of rotatable bonds is 22. The van der Waals surface area contributed by atoms with Crippen molar-refractivity contribution in [3.63, 3.8) is 0 Å². The molecule has 0 rings (SSSR count). The van der Waals surface area contributed by atoms with Crippen molar-refractivity contribution >= 4 is 5.91 Å². The minimum atomic E-state index is -1.09. The molecule has 4 N–H and O–H groups in total. The van der Waals surface area contributed by atoms with Crippen LogP contribution in [0, 0.1) is 0 Å². The van der Waals surface area contributed by atoms with Gasteiger partial charge in [-0.3, -0.25) is 4.79 Å². The molecule has 0 aromatic heterocycles. The molecule has 0 aliphatic rings. The summed E-state index contributed by atoms with van der Waals surface area (Å²) in [5.74, 6) is -0.523. The molecular weight excluding hydrogens is 402 g/mol. The zero-order valence-electron chi connectivity index (χ0n) is 20.8. The lowest BCUT2D eigenvalue weighted by atomic mass is 10.0. The fraction of sp³-hybridized carbons (Fsp3) is 0.815. The van der Waals surface area contributed by atoms with Gasteiger partial charge >= 0.3 is 0 Å². The van der Waals surface area contributed by atoms with Gasteiger partial charge in [-0.1, -0.05) is 109 Å². The molecule has 0 aliphatic carbocycles. The Balaban J connectivity index is 3.99. The van der Waals surface area contributed by atoms with Crippen LogP contribution in [-0.2, 0) is 4.79 Å². The molecule has 0 aromatic carbocycles. The lowest BCUT2D eigenvalue weighted by Crippen LogP contribution is -2.48. The minimum absolute atomic E-state index is 0.376. The fourth-order valence-electron chi connectivity index (χ4n) is 3.61. The van der Waals surface area contributed by atoms with Crippen molar-refractivity contribution in [2.24, 2.45) is 0 Å². The maximum absolute atomic E-state index is 12.2. The van der Waals surface area contributed by atoms with Crippen LogP contribution in [0.15, 0.2) is 24.3 Å². The van der Waals surface area contributed by atoms with Gasteiger partial charge in [-0.2, -0.15) is 0 Å². The molecule has 32 heavy (non-hydrogen) atoms. The Labute approximate surface area is 197 Å². The Morgan fingerprint density at radius 1 is 0.750 bits per heavy atom. The number of aliphatic hydroxyl groups is 3. The Bertz CT molecular complexity index is 478. The Morgan fingerprint density at radius 2 is 1.28 bits per heavy atom. The summed E-state index contributed by atoms with van der Waals surface area (Å²) < 4.78 is 0. The molecule has 0 aliphatic heterocycles. The number of unbranched alkanes of at least 4 members (excludes halogenated alkanes) is 12. The summed E-state index contributed by atoms with van der Waals surface area (Å²) in [6, 6.07) is -0.805. The highest BCUT2D eigenvalue weighted by atomic mass is 16.3. The van der Waals surface area contributed by atoms with E-state index in [4.69, 9.17) is 0 Å². The molecule has 0 heterocycles. The summed E-state index contributed by atoms with van der Waals surface area (Å²) in [6.45, 7) is 4.04. The second-order valence-corrected chi connectivity index (χ2v) is 8.89. The SMILES string of the molecule is CCCCCC/C=C/CC/C=C/C(O)C(CO)NC(=O)C(O)CCCCCCCCCC. The standard InChI is InChI=1S/C27H51NO4/c1-3-5-7-9-11-13-14-16-17-19-21-25(30)24(23-29)28-27(32)26(31)22-20-18-15-12-10-8-6-4-2/h13-14,19,21,24-26,29-31H,3-12,15-18,20,22-23H2,1-2H3,(H,28,32)/b14-13+,21-19+. The van der Waals surface area contributed by atoms with Gasteiger partial charge in [0.25, 0.3) is 0 Å². The summed E-state index contributed by atoms with van der Waals surface area (Å²) in [4.78, 5) is 12.2. The molecule has 0 fully saturated rings.